The maximum atomic E-state index is 11.5. The quantitative estimate of drug-likeness (QED) is 0.683. The van der Waals surface area contributed by atoms with Crippen LogP contribution in [-0.2, 0) is 9.59 Å². The van der Waals surface area contributed by atoms with Crippen LogP contribution in [0.2, 0.25) is 0 Å². The molecule has 0 aliphatic rings. The van der Waals surface area contributed by atoms with Crippen molar-refractivity contribution in [3.63, 3.8) is 0 Å². The van der Waals surface area contributed by atoms with E-state index < -0.39 is 17.7 Å². The number of pyridine rings is 1. The van der Waals surface area contributed by atoms with E-state index in [1.54, 1.807) is 12.1 Å². The highest BCUT2D eigenvalue weighted by atomic mass is 16.2. The highest BCUT2D eigenvalue weighted by molar-refractivity contribution is 5.99. The number of carbonyl (C=O) groups is 3. The van der Waals surface area contributed by atoms with Crippen molar-refractivity contribution in [3.8, 4) is 0 Å². The standard InChI is InChI=1S/C10H11N3O3/c1-7(14)13(8(2)15)12-10(16)9-5-3-4-6-11-9/h3-6H,1-2H3,(H,12,16). The molecule has 0 aliphatic carbocycles. The van der Waals surface area contributed by atoms with Gasteiger partial charge in [0.2, 0.25) is 11.8 Å². The number of carbonyl (C=O) groups excluding carboxylic acids is 3. The molecule has 0 fully saturated rings. The second-order valence-corrected chi connectivity index (χ2v) is 3.03. The third-order valence-electron chi connectivity index (χ3n) is 1.74. The van der Waals surface area contributed by atoms with Crippen molar-refractivity contribution in [1.29, 1.82) is 0 Å². The van der Waals surface area contributed by atoms with E-state index in [-0.39, 0.29) is 5.69 Å². The summed E-state index contributed by atoms with van der Waals surface area (Å²) in [4.78, 5) is 37.4. The summed E-state index contributed by atoms with van der Waals surface area (Å²) in [7, 11) is 0. The molecule has 1 rings (SSSR count). The summed E-state index contributed by atoms with van der Waals surface area (Å²) >= 11 is 0. The average molecular weight is 221 g/mol. The molecular weight excluding hydrogens is 210 g/mol. The number of hydrogen-bond acceptors (Lipinski definition) is 4. The number of nitrogens with zero attached hydrogens (tertiary/aromatic N) is 2. The summed E-state index contributed by atoms with van der Waals surface area (Å²) in [5, 5.41) is 0.636. The Hall–Kier alpha value is -2.24. The Morgan fingerprint density at radius 2 is 1.81 bits per heavy atom. The molecule has 6 heteroatoms. The molecule has 0 bridgehead atoms. The first-order chi connectivity index (χ1) is 7.52. The van der Waals surface area contributed by atoms with Crippen molar-refractivity contribution in [2.75, 3.05) is 0 Å². The highest BCUT2D eigenvalue weighted by Crippen LogP contribution is 1.94. The van der Waals surface area contributed by atoms with E-state index >= 15 is 0 Å². The zero-order valence-corrected chi connectivity index (χ0v) is 8.93. The van der Waals surface area contributed by atoms with Crippen LogP contribution in [0.3, 0.4) is 0 Å². The van der Waals surface area contributed by atoms with E-state index in [0.29, 0.717) is 5.01 Å². The molecular formula is C10H11N3O3. The van der Waals surface area contributed by atoms with Crippen LogP contribution in [0.1, 0.15) is 24.3 Å². The third-order valence-corrected chi connectivity index (χ3v) is 1.74. The molecule has 84 valence electrons. The Labute approximate surface area is 92.2 Å². The van der Waals surface area contributed by atoms with Crippen molar-refractivity contribution in [2.24, 2.45) is 0 Å². The number of hydrazine groups is 1. The van der Waals surface area contributed by atoms with Gasteiger partial charge >= 0.3 is 0 Å². The van der Waals surface area contributed by atoms with Crippen LogP contribution in [0.15, 0.2) is 24.4 Å². The summed E-state index contributed by atoms with van der Waals surface area (Å²) in [5.41, 5.74) is 2.30. The van der Waals surface area contributed by atoms with Gasteiger partial charge in [0, 0.05) is 20.0 Å². The Kier molecular flexibility index (Phi) is 3.71. The minimum Gasteiger partial charge on any atom is -0.273 e. The van der Waals surface area contributed by atoms with Crippen molar-refractivity contribution in [3.05, 3.63) is 30.1 Å². The van der Waals surface area contributed by atoms with Gasteiger partial charge in [0.05, 0.1) is 0 Å². The number of amides is 3. The normalized spacial score (nSPS) is 9.38. The van der Waals surface area contributed by atoms with E-state index in [0.717, 1.165) is 0 Å². The van der Waals surface area contributed by atoms with Gasteiger partial charge in [-0.3, -0.25) is 24.8 Å². The zero-order chi connectivity index (χ0) is 12.1. The summed E-state index contributed by atoms with van der Waals surface area (Å²) < 4.78 is 0. The maximum absolute atomic E-state index is 11.5. The van der Waals surface area contributed by atoms with Crippen LogP contribution >= 0.6 is 0 Å². The van der Waals surface area contributed by atoms with E-state index in [9.17, 15) is 14.4 Å². The first-order valence-electron chi connectivity index (χ1n) is 4.55. The SMILES string of the molecule is CC(=O)N(NC(=O)c1ccccn1)C(C)=O. The molecule has 0 aromatic carbocycles. The molecule has 0 aliphatic heterocycles. The van der Waals surface area contributed by atoms with Crippen LogP contribution in [0.25, 0.3) is 0 Å². The van der Waals surface area contributed by atoms with Crippen molar-refractivity contribution < 1.29 is 14.4 Å². The number of rotatable bonds is 1. The lowest BCUT2D eigenvalue weighted by Crippen LogP contribution is -2.48. The summed E-state index contributed by atoms with van der Waals surface area (Å²) in [6.45, 7) is 2.36. The van der Waals surface area contributed by atoms with Crippen LogP contribution in [0.5, 0.6) is 0 Å². The minimum absolute atomic E-state index is 0.134. The number of aromatic nitrogens is 1. The summed E-state index contributed by atoms with van der Waals surface area (Å²) in [5.74, 6) is -1.72. The van der Waals surface area contributed by atoms with Gasteiger partial charge in [-0.15, -0.1) is 0 Å². The number of imide groups is 1. The van der Waals surface area contributed by atoms with Gasteiger partial charge in [-0.25, -0.2) is 0 Å². The molecule has 3 amide bonds. The van der Waals surface area contributed by atoms with E-state index in [1.165, 1.54) is 26.1 Å². The monoisotopic (exact) mass is 221 g/mol. The van der Waals surface area contributed by atoms with Gasteiger partial charge in [0.1, 0.15) is 5.69 Å². The van der Waals surface area contributed by atoms with Gasteiger partial charge in [-0.1, -0.05) is 6.07 Å². The average Bonchev–Trinajstić information content (AvgIpc) is 2.25. The molecule has 0 unspecified atom stereocenters. The second-order valence-electron chi connectivity index (χ2n) is 3.03. The van der Waals surface area contributed by atoms with Gasteiger partial charge in [0.15, 0.2) is 0 Å². The molecule has 1 heterocycles. The van der Waals surface area contributed by atoms with Crippen LogP contribution in [-0.4, -0.2) is 27.7 Å². The molecule has 6 nitrogen and oxygen atoms in total. The smallest absolute Gasteiger partial charge is 0.273 e. The molecule has 0 radical (unpaired) electrons. The molecule has 1 aromatic rings. The predicted molar refractivity (Wildman–Crippen MR) is 54.9 cm³/mol. The molecule has 0 saturated heterocycles. The fourth-order valence-corrected chi connectivity index (χ4v) is 1.04. The Morgan fingerprint density at radius 3 is 2.25 bits per heavy atom. The predicted octanol–water partition coefficient (Wildman–Crippen LogP) is 0.121. The lowest BCUT2D eigenvalue weighted by molar-refractivity contribution is -0.144. The van der Waals surface area contributed by atoms with E-state index in [4.69, 9.17) is 0 Å². The molecule has 16 heavy (non-hydrogen) atoms. The topological polar surface area (TPSA) is 79.4 Å². The van der Waals surface area contributed by atoms with Gasteiger partial charge in [-0.2, -0.15) is 5.01 Å². The Morgan fingerprint density at radius 1 is 1.19 bits per heavy atom. The van der Waals surface area contributed by atoms with Crippen LogP contribution < -0.4 is 5.43 Å². The first kappa shape index (κ1) is 11.8. The second kappa shape index (κ2) is 5.01. The van der Waals surface area contributed by atoms with E-state index in [1.807, 2.05) is 0 Å². The van der Waals surface area contributed by atoms with Crippen LogP contribution in [0.4, 0.5) is 0 Å². The van der Waals surface area contributed by atoms with Crippen molar-refractivity contribution >= 4 is 17.7 Å². The number of hydrogen-bond donors (Lipinski definition) is 1. The van der Waals surface area contributed by atoms with Gasteiger partial charge < -0.3 is 0 Å². The maximum Gasteiger partial charge on any atom is 0.288 e. The van der Waals surface area contributed by atoms with Crippen molar-refractivity contribution in [1.82, 2.24) is 15.4 Å². The largest absolute Gasteiger partial charge is 0.288 e. The van der Waals surface area contributed by atoms with Gasteiger partial charge in [0.25, 0.3) is 5.91 Å². The molecule has 1 aromatic heterocycles. The zero-order valence-electron chi connectivity index (χ0n) is 8.93. The summed E-state index contributed by atoms with van der Waals surface area (Å²) in [6.07, 6.45) is 1.45. The molecule has 0 saturated carbocycles. The van der Waals surface area contributed by atoms with Gasteiger partial charge in [-0.05, 0) is 12.1 Å². The lowest BCUT2D eigenvalue weighted by Gasteiger charge is -2.17. The first-order valence-corrected chi connectivity index (χ1v) is 4.55. The Balaban J connectivity index is 2.77. The summed E-state index contributed by atoms with van der Waals surface area (Å²) in [6, 6.07) is 4.77. The minimum atomic E-state index is -0.606. The highest BCUT2D eigenvalue weighted by Gasteiger charge is 2.17. The lowest BCUT2D eigenvalue weighted by atomic mass is 10.3. The van der Waals surface area contributed by atoms with Crippen molar-refractivity contribution in [2.45, 2.75) is 13.8 Å². The van der Waals surface area contributed by atoms with E-state index in [2.05, 4.69) is 10.4 Å². The molecule has 0 spiro atoms. The fourth-order valence-electron chi connectivity index (χ4n) is 1.04. The van der Waals surface area contributed by atoms with Crippen LogP contribution in [0, 0.1) is 0 Å². The Bertz CT molecular complexity index is 403. The third kappa shape index (κ3) is 2.88. The molecule has 0 atom stereocenters. The number of nitrogens with one attached hydrogen (secondary N) is 1. The molecule has 1 N–H and O–H groups in total. The fraction of sp³-hybridized carbons (Fsp3) is 0.200.